The van der Waals surface area contributed by atoms with E-state index >= 15 is 0 Å². The third-order valence-corrected chi connectivity index (χ3v) is 8.35. The fraction of sp³-hybridized carbons (Fsp3) is 0.303. The van der Waals surface area contributed by atoms with Gasteiger partial charge in [-0.05, 0) is 70.8 Å². The van der Waals surface area contributed by atoms with Crippen LogP contribution in [0.1, 0.15) is 53.7 Å². The topological polar surface area (TPSA) is 44.4 Å². The molecule has 0 atom stereocenters. The molecule has 4 nitrogen and oxygen atoms in total. The number of hydrogen-bond acceptors (Lipinski definition) is 3. The highest BCUT2D eigenvalue weighted by atomic mass is 32.1. The van der Waals surface area contributed by atoms with Crippen molar-refractivity contribution in [3.63, 3.8) is 0 Å². The Morgan fingerprint density at radius 1 is 0.805 bits per heavy atom. The smallest absolute Gasteiger partial charge is 0.315 e. The third-order valence-electron chi connectivity index (χ3n) is 7.49. The molecule has 1 heterocycles. The van der Waals surface area contributed by atoms with E-state index in [9.17, 15) is 18.0 Å². The molecule has 2 amide bonds. The highest BCUT2D eigenvalue weighted by molar-refractivity contribution is 7.09. The molecule has 1 fully saturated rings. The van der Waals surface area contributed by atoms with Gasteiger partial charge in [-0.1, -0.05) is 73.9 Å². The number of nitrogens with one attached hydrogen (secondary N) is 2. The van der Waals surface area contributed by atoms with Crippen LogP contribution in [0.2, 0.25) is 0 Å². The number of anilines is 1. The Morgan fingerprint density at radius 2 is 1.44 bits per heavy atom. The van der Waals surface area contributed by atoms with Crippen LogP contribution in [-0.4, -0.2) is 17.0 Å². The molecule has 0 spiro atoms. The standard InChI is InChI=1S/C33H34F3N3OS/c34-33(35,36)28-16-18-30(19-17-28)38-32(40)39(23-31-7-4-20-41-31)22-25-10-14-27(15-11-25)26-12-8-24(9-13-26)21-37-29-5-2-1-3-6-29/h4,7-20,29,37H,1-3,5-6,21-23H2,(H,38,40). The van der Waals surface area contributed by atoms with Gasteiger partial charge >= 0.3 is 12.2 Å². The predicted molar refractivity (Wildman–Crippen MR) is 160 cm³/mol. The average Bonchev–Trinajstić information content (AvgIpc) is 3.50. The van der Waals surface area contributed by atoms with Crippen molar-refractivity contribution < 1.29 is 18.0 Å². The van der Waals surface area contributed by atoms with Crippen LogP contribution >= 0.6 is 11.3 Å². The van der Waals surface area contributed by atoms with Gasteiger partial charge in [0.2, 0.25) is 0 Å². The third kappa shape index (κ3) is 8.21. The van der Waals surface area contributed by atoms with Crippen LogP contribution in [0.3, 0.4) is 0 Å². The Kier molecular flexibility index (Phi) is 9.42. The summed E-state index contributed by atoms with van der Waals surface area (Å²) in [4.78, 5) is 15.9. The molecule has 5 rings (SSSR count). The van der Waals surface area contributed by atoms with Gasteiger partial charge < -0.3 is 15.5 Å². The normalized spacial score (nSPS) is 14.1. The molecule has 1 aliphatic carbocycles. The zero-order valence-corrected chi connectivity index (χ0v) is 23.6. The van der Waals surface area contributed by atoms with E-state index < -0.39 is 11.7 Å². The molecule has 1 aliphatic rings. The van der Waals surface area contributed by atoms with E-state index in [0.29, 0.717) is 24.8 Å². The van der Waals surface area contributed by atoms with Crippen molar-refractivity contribution in [3.8, 4) is 11.1 Å². The van der Waals surface area contributed by atoms with Crippen molar-refractivity contribution in [2.75, 3.05) is 5.32 Å². The maximum Gasteiger partial charge on any atom is 0.416 e. The molecular weight excluding hydrogens is 543 g/mol. The number of hydrogen-bond donors (Lipinski definition) is 2. The van der Waals surface area contributed by atoms with Gasteiger partial charge in [0.1, 0.15) is 0 Å². The summed E-state index contributed by atoms with van der Waals surface area (Å²) in [5.74, 6) is 0. The largest absolute Gasteiger partial charge is 0.416 e. The minimum atomic E-state index is -4.42. The summed E-state index contributed by atoms with van der Waals surface area (Å²) in [5, 5.41) is 8.39. The zero-order valence-electron chi connectivity index (χ0n) is 22.8. The molecule has 0 saturated heterocycles. The first-order chi connectivity index (χ1) is 19.8. The van der Waals surface area contributed by atoms with Gasteiger partial charge in [0.05, 0.1) is 12.1 Å². The lowest BCUT2D eigenvalue weighted by atomic mass is 9.95. The van der Waals surface area contributed by atoms with Crippen LogP contribution in [0.15, 0.2) is 90.3 Å². The molecule has 8 heteroatoms. The van der Waals surface area contributed by atoms with Crippen molar-refractivity contribution >= 4 is 23.1 Å². The predicted octanol–water partition coefficient (Wildman–Crippen LogP) is 9.09. The second kappa shape index (κ2) is 13.4. The Morgan fingerprint density at radius 3 is 2.02 bits per heavy atom. The van der Waals surface area contributed by atoms with E-state index in [1.165, 1.54) is 49.8 Å². The average molecular weight is 578 g/mol. The quantitative estimate of drug-likeness (QED) is 0.208. The highest BCUT2D eigenvalue weighted by Crippen LogP contribution is 2.30. The van der Waals surface area contributed by atoms with Crippen LogP contribution < -0.4 is 10.6 Å². The number of urea groups is 1. The van der Waals surface area contributed by atoms with E-state index in [0.717, 1.165) is 40.2 Å². The summed E-state index contributed by atoms with van der Waals surface area (Å²) in [5.41, 5.74) is 4.03. The lowest BCUT2D eigenvalue weighted by molar-refractivity contribution is -0.137. The van der Waals surface area contributed by atoms with Crippen LogP contribution in [-0.2, 0) is 25.8 Å². The van der Waals surface area contributed by atoms with Gasteiger partial charge in [0.15, 0.2) is 0 Å². The monoisotopic (exact) mass is 577 g/mol. The van der Waals surface area contributed by atoms with Gasteiger partial charge in [-0.3, -0.25) is 0 Å². The number of thiophene rings is 1. The minimum absolute atomic E-state index is 0.312. The molecule has 4 aromatic rings. The second-order valence-electron chi connectivity index (χ2n) is 10.6. The summed E-state index contributed by atoms with van der Waals surface area (Å²) in [6.45, 7) is 1.64. The van der Waals surface area contributed by atoms with E-state index in [-0.39, 0.29) is 6.03 Å². The first kappa shape index (κ1) is 28.9. The maximum atomic E-state index is 13.2. The summed E-state index contributed by atoms with van der Waals surface area (Å²) in [6, 6.07) is 25.4. The number of rotatable bonds is 9. The minimum Gasteiger partial charge on any atom is -0.315 e. The van der Waals surface area contributed by atoms with Gasteiger partial charge in [-0.2, -0.15) is 13.2 Å². The first-order valence-electron chi connectivity index (χ1n) is 14.0. The lowest BCUT2D eigenvalue weighted by Gasteiger charge is -2.23. The highest BCUT2D eigenvalue weighted by Gasteiger charge is 2.30. The summed E-state index contributed by atoms with van der Waals surface area (Å²) < 4.78 is 38.8. The second-order valence-corrected chi connectivity index (χ2v) is 11.6. The number of carbonyl (C=O) groups is 1. The number of nitrogens with zero attached hydrogens (tertiary/aromatic N) is 1. The molecule has 0 unspecified atom stereocenters. The van der Waals surface area contributed by atoms with Crippen molar-refractivity contribution in [1.29, 1.82) is 0 Å². The van der Waals surface area contributed by atoms with E-state index in [2.05, 4.69) is 47.0 Å². The molecular formula is C33H34F3N3OS. The Labute approximate surface area is 243 Å². The van der Waals surface area contributed by atoms with E-state index in [1.807, 2.05) is 29.6 Å². The van der Waals surface area contributed by atoms with Crippen molar-refractivity contribution in [3.05, 3.63) is 112 Å². The summed E-state index contributed by atoms with van der Waals surface area (Å²) in [6.07, 6.45) is 2.12. The first-order valence-corrected chi connectivity index (χ1v) is 14.9. The van der Waals surface area contributed by atoms with Gasteiger partial charge in [-0.15, -0.1) is 11.3 Å². The van der Waals surface area contributed by atoms with Crippen LogP contribution in [0, 0.1) is 0 Å². The molecule has 2 N–H and O–H groups in total. The van der Waals surface area contributed by atoms with Crippen LogP contribution in [0.5, 0.6) is 0 Å². The van der Waals surface area contributed by atoms with Crippen molar-refractivity contribution in [1.82, 2.24) is 10.2 Å². The fourth-order valence-electron chi connectivity index (χ4n) is 5.14. The lowest BCUT2D eigenvalue weighted by Crippen LogP contribution is -2.33. The number of alkyl halides is 3. The number of halogens is 3. The molecule has 0 aliphatic heterocycles. The van der Waals surface area contributed by atoms with Gasteiger partial charge in [0.25, 0.3) is 0 Å². The Balaban J connectivity index is 1.22. The number of amides is 2. The van der Waals surface area contributed by atoms with Crippen LogP contribution in [0.25, 0.3) is 11.1 Å². The molecule has 1 aromatic heterocycles. The van der Waals surface area contributed by atoms with Crippen LogP contribution in [0.4, 0.5) is 23.7 Å². The summed E-state index contributed by atoms with van der Waals surface area (Å²) >= 11 is 1.55. The van der Waals surface area contributed by atoms with Crippen molar-refractivity contribution in [2.45, 2.75) is 64.0 Å². The van der Waals surface area contributed by atoms with Gasteiger partial charge in [-0.25, -0.2) is 4.79 Å². The molecule has 41 heavy (non-hydrogen) atoms. The molecule has 0 bridgehead atoms. The summed E-state index contributed by atoms with van der Waals surface area (Å²) in [7, 11) is 0. The maximum absolute atomic E-state index is 13.2. The number of benzene rings is 3. The molecule has 0 radical (unpaired) electrons. The molecule has 3 aromatic carbocycles. The van der Waals surface area contributed by atoms with E-state index in [4.69, 9.17) is 0 Å². The van der Waals surface area contributed by atoms with E-state index in [1.54, 1.807) is 16.2 Å². The number of carbonyl (C=O) groups excluding carboxylic acids is 1. The fourth-order valence-corrected chi connectivity index (χ4v) is 5.86. The molecule has 1 saturated carbocycles. The Hall–Kier alpha value is -3.62. The molecule has 214 valence electrons. The Bertz CT molecular complexity index is 1380. The zero-order chi connectivity index (χ0) is 28.7. The SMILES string of the molecule is O=C(Nc1ccc(C(F)(F)F)cc1)N(Cc1ccc(-c2ccc(CNC3CCCCC3)cc2)cc1)Cc1cccs1. The van der Waals surface area contributed by atoms with Crippen molar-refractivity contribution in [2.24, 2.45) is 0 Å². The van der Waals surface area contributed by atoms with Gasteiger partial charge in [0, 0.05) is 29.7 Å².